The van der Waals surface area contributed by atoms with Crippen molar-refractivity contribution < 1.29 is 9.59 Å². The molecule has 2 amide bonds. The fourth-order valence-corrected chi connectivity index (χ4v) is 12.0. The Balaban J connectivity index is 1.08. The van der Waals surface area contributed by atoms with Crippen LogP contribution in [0.1, 0.15) is 97.3 Å². The first kappa shape index (κ1) is 22.2. The first-order valence-electron chi connectivity index (χ1n) is 14.8. The van der Waals surface area contributed by atoms with Crippen LogP contribution >= 0.6 is 0 Å². The number of likely N-dealkylation sites (tertiary alicyclic amines) is 1. The third-order valence-corrected chi connectivity index (χ3v) is 13.4. The fraction of sp³-hybridized carbons (Fsp3) is 0.933. The Morgan fingerprint density at radius 1 is 0.853 bits per heavy atom. The molecule has 0 radical (unpaired) electrons. The molecule has 7 saturated carbocycles. The van der Waals surface area contributed by atoms with Gasteiger partial charge in [0.2, 0.25) is 11.8 Å². The van der Waals surface area contributed by atoms with Gasteiger partial charge in [-0.3, -0.25) is 9.59 Å². The minimum absolute atomic E-state index is 0.177. The van der Waals surface area contributed by atoms with Gasteiger partial charge in [-0.05, 0) is 129 Å². The Bertz CT molecular complexity index is 857. The van der Waals surface area contributed by atoms with Gasteiger partial charge in [-0.15, -0.1) is 0 Å². The average Bonchev–Trinajstić information content (AvgIpc) is 3.16. The highest BCUT2D eigenvalue weighted by molar-refractivity contribution is 5.80. The number of hydrogen-bond acceptors (Lipinski definition) is 2. The van der Waals surface area contributed by atoms with Crippen LogP contribution in [0.2, 0.25) is 0 Å². The summed E-state index contributed by atoms with van der Waals surface area (Å²) in [5.74, 6) is 6.62. The fourth-order valence-electron chi connectivity index (χ4n) is 12.0. The zero-order valence-corrected chi connectivity index (χ0v) is 21.7. The summed E-state index contributed by atoms with van der Waals surface area (Å²) < 4.78 is 0. The van der Waals surface area contributed by atoms with Crippen LogP contribution in [0.4, 0.5) is 0 Å². The second-order valence-corrected chi connectivity index (χ2v) is 14.6. The zero-order valence-electron chi connectivity index (χ0n) is 21.7. The van der Waals surface area contributed by atoms with E-state index in [1.807, 2.05) is 0 Å². The van der Waals surface area contributed by atoms with Crippen LogP contribution in [0.3, 0.4) is 0 Å². The Morgan fingerprint density at radius 3 is 2.24 bits per heavy atom. The largest absolute Gasteiger partial charge is 0.353 e. The first-order valence-corrected chi connectivity index (χ1v) is 14.8. The Labute approximate surface area is 206 Å². The third kappa shape index (κ3) is 2.95. The molecule has 4 bridgehead atoms. The van der Waals surface area contributed by atoms with Gasteiger partial charge in [0.1, 0.15) is 0 Å². The van der Waals surface area contributed by atoms with E-state index in [0.29, 0.717) is 29.8 Å². The van der Waals surface area contributed by atoms with Gasteiger partial charge in [-0.1, -0.05) is 13.8 Å². The Morgan fingerprint density at radius 2 is 1.53 bits per heavy atom. The zero-order chi connectivity index (χ0) is 23.4. The van der Waals surface area contributed by atoms with E-state index in [9.17, 15) is 9.59 Å². The molecule has 188 valence electrons. The summed E-state index contributed by atoms with van der Waals surface area (Å²) in [7, 11) is 2.05. The maximum Gasteiger partial charge on any atom is 0.223 e. The lowest BCUT2D eigenvalue weighted by Crippen LogP contribution is -2.62. The van der Waals surface area contributed by atoms with E-state index in [4.69, 9.17) is 0 Å². The lowest BCUT2D eigenvalue weighted by Gasteiger charge is -2.61. The van der Waals surface area contributed by atoms with E-state index in [1.54, 1.807) is 0 Å². The molecule has 1 saturated heterocycles. The SMILES string of the molecule is CN1C(=O)CC[C@@]2(C)C1CC[C@@H]1[C@H]2CC[C@]2(C)C(C(=O)NC3C4CC5CC(C4)CC3C5)CC[C@@H]12. The highest BCUT2D eigenvalue weighted by Crippen LogP contribution is 2.66. The highest BCUT2D eigenvalue weighted by atomic mass is 16.2. The molecule has 2 unspecified atom stereocenters. The van der Waals surface area contributed by atoms with Gasteiger partial charge in [0, 0.05) is 31.5 Å². The lowest BCUT2D eigenvalue weighted by atomic mass is 9.47. The van der Waals surface area contributed by atoms with E-state index < -0.39 is 0 Å². The van der Waals surface area contributed by atoms with Crippen molar-refractivity contribution in [3.63, 3.8) is 0 Å². The van der Waals surface area contributed by atoms with E-state index >= 15 is 0 Å². The molecule has 7 aliphatic carbocycles. The number of amides is 2. The van der Waals surface area contributed by atoms with Gasteiger partial charge < -0.3 is 10.2 Å². The van der Waals surface area contributed by atoms with E-state index in [0.717, 1.165) is 61.2 Å². The second-order valence-electron chi connectivity index (χ2n) is 14.6. The third-order valence-electron chi connectivity index (χ3n) is 13.4. The maximum absolute atomic E-state index is 13.9. The minimum atomic E-state index is 0.177. The molecule has 1 aliphatic heterocycles. The molecule has 4 heteroatoms. The standard InChI is InChI=1S/C30H46N2O2/c1-29-10-8-23-21(4-7-25-30(23,2)11-9-26(33)32(25)3)22(29)5-6-24(29)28(34)31-27-19-13-17-12-18(15-19)16-20(27)14-17/h17-25,27H,4-16H2,1-3H3,(H,31,34)/t17?,18?,19?,20?,21-,22-,23+,24?,25?,27?,29-,30+/m0/s1. The molecule has 0 aromatic heterocycles. The van der Waals surface area contributed by atoms with Crippen molar-refractivity contribution in [2.24, 2.45) is 58.2 Å². The number of carbonyl (C=O) groups excluding carboxylic acids is 2. The Hall–Kier alpha value is -1.06. The molecular weight excluding hydrogens is 420 g/mol. The summed E-state index contributed by atoms with van der Waals surface area (Å²) >= 11 is 0. The number of piperidine rings is 1. The summed E-state index contributed by atoms with van der Waals surface area (Å²) in [6.07, 6.45) is 16.0. The van der Waals surface area contributed by atoms with Gasteiger partial charge >= 0.3 is 0 Å². The number of hydrogen-bond donors (Lipinski definition) is 1. The predicted octanol–water partition coefficient (Wildman–Crippen LogP) is 5.41. The normalized spacial score (nSPS) is 55.5. The number of carbonyl (C=O) groups is 2. The van der Waals surface area contributed by atoms with Gasteiger partial charge in [-0.2, -0.15) is 0 Å². The number of fused-ring (bicyclic) bond motifs is 5. The minimum Gasteiger partial charge on any atom is -0.353 e. The van der Waals surface area contributed by atoms with E-state index in [1.165, 1.54) is 57.8 Å². The average molecular weight is 467 g/mol. The van der Waals surface area contributed by atoms with Crippen molar-refractivity contribution in [2.45, 2.75) is 109 Å². The summed E-state index contributed by atoms with van der Waals surface area (Å²) in [5, 5.41) is 3.71. The first-order chi connectivity index (χ1) is 16.3. The van der Waals surface area contributed by atoms with Crippen molar-refractivity contribution in [3.8, 4) is 0 Å². The molecule has 0 aromatic carbocycles. The molecule has 1 N–H and O–H groups in total. The van der Waals surface area contributed by atoms with Crippen LogP contribution in [-0.4, -0.2) is 35.8 Å². The summed E-state index contributed by atoms with van der Waals surface area (Å²) in [6, 6.07) is 0.903. The van der Waals surface area contributed by atoms with Crippen LogP contribution < -0.4 is 5.32 Å². The predicted molar refractivity (Wildman–Crippen MR) is 133 cm³/mol. The number of rotatable bonds is 2. The van der Waals surface area contributed by atoms with Gasteiger partial charge in [0.15, 0.2) is 0 Å². The second kappa shape index (κ2) is 7.48. The number of nitrogens with zero attached hydrogens (tertiary/aromatic N) is 1. The Kier molecular flexibility index (Phi) is 4.87. The van der Waals surface area contributed by atoms with Crippen molar-refractivity contribution in [3.05, 3.63) is 0 Å². The monoisotopic (exact) mass is 466 g/mol. The van der Waals surface area contributed by atoms with Crippen molar-refractivity contribution in [1.29, 1.82) is 0 Å². The summed E-state index contributed by atoms with van der Waals surface area (Å²) in [6.45, 7) is 5.00. The van der Waals surface area contributed by atoms with Crippen LogP contribution in [-0.2, 0) is 9.59 Å². The molecule has 1 heterocycles. The van der Waals surface area contributed by atoms with Crippen molar-refractivity contribution in [1.82, 2.24) is 10.2 Å². The van der Waals surface area contributed by atoms with Crippen LogP contribution in [0.5, 0.6) is 0 Å². The summed E-state index contributed by atoms with van der Waals surface area (Å²) in [4.78, 5) is 28.4. The molecule has 8 aliphatic rings. The number of nitrogens with one attached hydrogen (secondary N) is 1. The van der Waals surface area contributed by atoms with E-state index in [2.05, 4.69) is 31.1 Å². The quantitative estimate of drug-likeness (QED) is 0.592. The van der Waals surface area contributed by atoms with Crippen molar-refractivity contribution in [2.75, 3.05) is 7.05 Å². The molecule has 0 spiro atoms. The van der Waals surface area contributed by atoms with Crippen LogP contribution in [0, 0.1) is 58.2 Å². The van der Waals surface area contributed by atoms with Crippen LogP contribution in [0.25, 0.3) is 0 Å². The molecular formula is C30H46N2O2. The molecule has 0 aromatic rings. The van der Waals surface area contributed by atoms with Crippen molar-refractivity contribution >= 4 is 11.8 Å². The van der Waals surface area contributed by atoms with E-state index in [-0.39, 0.29) is 16.7 Å². The molecule has 4 nitrogen and oxygen atoms in total. The van der Waals surface area contributed by atoms with Gasteiger partial charge in [0.05, 0.1) is 0 Å². The smallest absolute Gasteiger partial charge is 0.223 e. The summed E-state index contributed by atoms with van der Waals surface area (Å²) in [5.41, 5.74) is 0.449. The van der Waals surface area contributed by atoms with Gasteiger partial charge in [0.25, 0.3) is 0 Å². The molecule has 8 rings (SSSR count). The molecule has 7 atom stereocenters. The van der Waals surface area contributed by atoms with Gasteiger partial charge in [-0.25, -0.2) is 0 Å². The molecule has 34 heavy (non-hydrogen) atoms. The van der Waals surface area contributed by atoms with Crippen LogP contribution in [0.15, 0.2) is 0 Å². The maximum atomic E-state index is 13.9. The lowest BCUT2D eigenvalue weighted by molar-refractivity contribution is -0.160. The topological polar surface area (TPSA) is 49.4 Å². The highest BCUT2D eigenvalue weighted by Gasteiger charge is 2.62. The molecule has 8 fully saturated rings.